The van der Waals surface area contributed by atoms with E-state index in [-0.39, 0.29) is 12.1 Å². The molecule has 1 fully saturated rings. The van der Waals surface area contributed by atoms with Gasteiger partial charge in [0.25, 0.3) is 0 Å². The summed E-state index contributed by atoms with van der Waals surface area (Å²) in [6.07, 6.45) is 2.48. The van der Waals surface area contributed by atoms with E-state index in [0.29, 0.717) is 17.5 Å². The van der Waals surface area contributed by atoms with Crippen LogP contribution in [0.1, 0.15) is 24.2 Å². The van der Waals surface area contributed by atoms with Crippen molar-refractivity contribution in [2.24, 2.45) is 0 Å². The van der Waals surface area contributed by atoms with Gasteiger partial charge in [0, 0.05) is 18.8 Å². The Morgan fingerprint density at radius 2 is 2.07 bits per heavy atom. The van der Waals surface area contributed by atoms with Crippen molar-refractivity contribution >= 4 is 45.8 Å². The van der Waals surface area contributed by atoms with Gasteiger partial charge in [-0.2, -0.15) is 15.0 Å². The van der Waals surface area contributed by atoms with Crippen LogP contribution in [0.5, 0.6) is 0 Å². The maximum atomic E-state index is 5.85. The summed E-state index contributed by atoms with van der Waals surface area (Å²) in [6, 6.07) is 7.97. The normalized spacial score (nSPS) is 16.1. The lowest BCUT2D eigenvalue weighted by atomic mass is 10.2. The third-order valence-corrected chi connectivity index (χ3v) is 6.25. The molecule has 1 aliphatic rings. The van der Waals surface area contributed by atoms with E-state index in [1.165, 1.54) is 28.7 Å². The van der Waals surface area contributed by atoms with Crippen LogP contribution in [-0.2, 0) is 10.5 Å². The molecule has 1 unspecified atom stereocenters. The number of rotatable bonds is 8. The maximum Gasteiger partial charge on any atom is 0.232 e. The largest absolute Gasteiger partial charge is 0.376 e. The summed E-state index contributed by atoms with van der Waals surface area (Å²) in [5, 5.41) is 15.6. The quantitative estimate of drug-likeness (QED) is 0.459. The van der Waals surface area contributed by atoms with Gasteiger partial charge in [0.05, 0.1) is 11.9 Å². The van der Waals surface area contributed by atoms with Crippen molar-refractivity contribution in [2.45, 2.75) is 36.0 Å². The molecule has 3 aromatic rings. The molecular formula is C18H22N8OS2. The fourth-order valence-electron chi connectivity index (χ4n) is 2.80. The Labute approximate surface area is 176 Å². The molecule has 1 saturated heterocycles. The first-order chi connectivity index (χ1) is 14.1. The zero-order valence-corrected chi connectivity index (χ0v) is 17.6. The summed E-state index contributed by atoms with van der Waals surface area (Å²) in [5.41, 5.74) is 7.93. The van der Waals surface area contributed by atoms with Crippen LogP contribution in [0, 0.1) is 6.92 Å². The van der Waals surface area contributed by atoms with E-state index < -0.39 is 0 Å². The highest BCUT2D eigenvalue weighted by Crippen LogP contribution is 2.28. The molecule has 152 valence electrons. The van der Waals surface area contributed by atoms with Gasteiger partial charge in [-0.1, -0.05) is 40.8 Å². The molecule has 9 nitrogen and oxygen atoms in total. The Kier molecular flexibility index (Phi) is 6.37. The zero-order chi connectivity index (χ0) is 20.1. The first-order valence-electron chi connectivity index (χ1n) is 9.30. The molecule has 0 saturated carbocycles. The van der Waals surface area contributed by atoms with Crippen molar-refractivity contribution in [1.29, 1.82) is 0 Å². The number of nitrogens with two attached hydrogens (primary N) is 1. The number of benzene rings is 1. The van der Waals surface area contributed by atoms with Gasteiger partial charge >= 0.3 is 0 Å². The van der Waals surface area contributed by atoms with E-state index in [0.717, 1.165) is 41.2 Å². The number of thioether (sulfide) groups is 1. The number of hydrogen-bond acceptors (Lipinski definition) is 11. The van der Waals surface area contributed by atoms with E-state index in [4.69, 9.17) is 10.5 Å². The predicted molar refractivity (Wildman–Crippen MR) is 116 cm³/mol. The third kappa shape index (κ3) is 5.75. The lowest BCUT2D eigenvalue weighted by molar-refractivity contribution is 0.120. The number of anilines is 4. The van der Waals surface area contributed by atoms with Crippen molar-refractivity contribution in [1.82, 2.24) is 25.1 Å². The van der Waals surface area contributed by atoms with Crippen molar-refractivity contribution < 1.29 is 4.74 Å². The molecule has 0 bridgehead atoms. The van der Waals surface area contributed by atoms with E-state index in [9.17, 15) is 0 Å². The number of ether oxygens (including phenoxy) is 1. The molecule has 29 heavy (non-hydrogen) atoms. The highest BCUT2D eigenvalue weighted by molar-refractivity contribution is 8.00. The van der Waals surface area contributed by atoms with E-state index in [1.54, 1.807) is 0 Å². The van der Waals surface area contributed by atoms with Gasteiger partial charge < -0.3 is 21.1 Å². The second-order valence-electron chi connectivity index (χ2n) is 6.60. The zero-order valence-electron chi connectivity index (χ0n) is 16.0. The minimum Gasteiger partial charge on any atom is -0.376 e. The summed E-state index contributed by atoms with van der Waals surface area (Å²) in [6.45, 7) is 3.65. The number of nitrogens with one attached hydrogen (secondary N) is 2. The van der Waals surface area contributed by atoms with Crippen LogP contribution in [0.3, 0.4) is 0 Å². The molecule has 0 amide bonds. The highest BCUT2D eigenvalue weighted by atomic mass is 32.2. The highest BCUT2D eigenvalue weighted by Gasteiger charge is 2.16. The molecule has 3 heterocycles. The van der Waals surface area contributed by atoms with Crippen molar-refractivity contribution in [2.75, 3.05) is 29.5 Å². The fourth-order valence-corrected chi connectivity index (χ4v) is 4.41. The van der Waals surface area contributed by atoms with Crippen LogP contribution in [0.25, 0.3) is 0 Å². The first kappa shape index (κ1) is 19.8. The summed E-state index contributed by atoms with van der Waals surface area (Å²) in [5.74, 6) is 1.71. The number of nitrogen functional groups attached to an aromatic ring is 1. The standard InChI is InChI=1S/C18H22N8OS2/c1-11-4-6-12(7-5-11)21-16-23-14(22-15(19)24-16)10-28-18-26-25-17(29-18)20-9-13-3-2-8-27-13/h4-7,13H,2-3,8-10H2,1H3,(H,20,25)(H3,19,21,22,23,24). The van der Waals surface area contributed by atoms with Crippen LogP contribution in [0.4, 0.5) is 22.7 Å². The van der Waals surface area contributed by atoms with Gasteiger partial charge in [-0.3, -0.25) is 0 Å². The van der Waals surface area contributed by atoms with E-state index in [2.05, 4.69) is 35.8 Å². The lowest BCUT2D eigenvalue weighted by Crippen LogP contribution is -2.18. The Bertz CT molecular complexity index is 943. The molecule has 1 aliphatic heterocycles. The van der Waals surface area contributed by atoms with Crippen LogP contribution in [0.2, 0.25) is 0 Å². The van der Waals surface area contributed by atoms with Gasteiger partial charge in [0.15, 0.2) is 4.34 Å². The number of aryl methyl sites for hydroxylation is 1. The molecule has 1 atom stereocenters. The number of aromatic nitrogens is 5. The summed E-state index contributed by atoms with van der Waals surface area (Å²) >= 11 is 3.02. The minimum atomic E-state index is 0.182. The molecule has 0 spiro atoms. The second kappa shape index (κ2) is 9.33. The van der Waals surface area contributed by atoms with Crippen molar-refractivity contribution in [3.63, 3.8) is 0 Å². The van der Waals surface area contributed by atoms with Gasteiger partial charge in [-0.15, -0.1) is 10.2 Å². The van der Waals surface area contributed by atoms with Crippen LogP contribution < -0.4 is 16.4 Å². The topological polar surface area (TPSA) is 124 Å². The average Bonchev–Trinajstić information content (AvgIpc) is 3.38. The molecule has 2 aromatic heterocycles. The molecular weight excluding hydrogens is 408 g/mol. The third-order valence-electron chi connectivity index (χ3n) is 4.24. The number of nitrogens with zero attached hydrogens (tertiary/aromatic N) is 5. The smallest absolute Gasteiger partial charge is 0.232 e. The monoisotopic (exact) mass is 430 g/mol. The van der Waals surface area contributed by atoms with Crippen LogP contribution in [0.15, 0.2) is 28.6 Å². The summed E-state index contributed by atoms with van der Waals surface area (Å²) in [7, 11) is 0. The molecule has 4 rings (SSSR count). The van der Waals surface area contributed by atoms with E-state index >= 15 is 0 Å². The SMILES string of the molecule is Cc1ccc(Nc2nc(N)nc(CSc3nnc(NCC4CCCO4)s3)n2)cc1. The second-order valence-corrected chi connectivity index (χ2v) is 8.80. The van der Waals surface area contributed by atoms with Crippen LogP contribution >= 0.6 is 23.1 Å². The molecule has 0 aliphatic carbocycles. The predicted octanol–water partition coefficient (Wildman–Crippen LogP) is 3.24. The fraction of sp³-hybridized carbons (Fsp3) is 0.389. The Morgan fingerprint density at radius 3 is 2.86 bits per heavy atom. The molecule has 11 heteroatoms. The van der Waals surface area contributed by atoms with Gasteiger partial charge in [-0.25, -0.2) is 0 Å². The minimum absolute atomic E-state index is 0.182. The first-order valence-corrected chi connectivity index (χ1v) is 11.1. The van der Waals surface area contributed by atoms with Crippen molar-refractivity contribution in [3.8, 4) is 0 Å². The lowest BCUT2D eigenvalue weighted by Gasteiger charge is -2.08. The molecule has 1 aromatic carbocycles. The van der Waals surface area contributed by atoms with E-state index in [1.807, 2.05) is 31.2 Å². The number of hydrogen-bond donors (Lipinski definition) is 3. The Hall–Kier alpha value is -2.50. The summed E-state index contributed by atoms with van der Waals surface area (Å²) in [4.78, 5) is 12.8. The molecule has 0 radical (unpaired) electrons. The molecule has 4 N–H and O–H groups in total. The maximum absolute atomic E-state index is 5.85. The van der Waals surface area contributed by atoms with Crippen molar-refractivity contribution in [3.05, 3.63) is 35.7 Å². The Morgan fingerprint density at radius 1 is 1.21 bits per heavy atom. The average molecular weight is 431 g/mol. The Balaban J connectivity index is 1.33. The summed E-state index contributed by atoms with van der Waals surface area (Å²) < 4.78 is 6.45. The van der Waals surface area contributed by atoms with Gasteiger partial charge in [0.1, 0.15) is 5.82 Å². The van der Waals surface area contributed by atoms with Crippen LogP contribution in [-0.4, -0.2) is 44.4 Å². The van der Waals surface area contributed by atoms with Gasteiger partial charge in [0.2, 0.25) is 17.0 Å². The van der Waals surface area contributed by atoms with Gasteiger partial charge in [-0.05, 0) is 31.9 Å².